The second-order valence-electron chi connectivity index (χ2n) is 3.37. The zero-order valence-corrected chi connectivity index (χ0v) is 9.01. The number of hydrogen-bond donors (Lipinski definition) is 2. The average Bonchev–Trinajstić information content (AvgIpc) is 2.24. The molecule has 0 aromatic heterocycles. The lowest BCUT2D eigenvalue weighted by Crippen LogP contribution is -2.28. The molecule has 0 radical (unpaired) electrons. The first-order valence-corrected chi connectivity index (χ1v) is 4.89. The van der Waals surface area contributed by atoms with Crippen LogP contribution in [0.1, 0.15) is 13.3 Å². The fraction of sp³-hybridized carbons (Fsp3) is 0.300. The first-order chi connectivity index (χ1) is 7.95. The molecule has 0 fully saturated rings. The summed E-state index contributed by atoms with van der Waals surface area (Å²) < 4.78 is 13.2. The summed E-state index contributed by atoms with van der Waals surface area (Å²) in [5.74, 6) is -2.06. The maximum absolute atomic E-state index is 13.2. The molecule has 0 aliphatic heterocycles. The molecular formula is C10H11FN2O4. The number of hydrogen-bond acceptors (Lipinski definition) is 4. The maximum atomic E-state index is 13.2. The number of nitrogens with one attached hydrogen (secondary N) is 1. The minimum Gasteiger partial charge on any atom is -0.480 e. The molecule has 0 saturated carbocycles. The van der Waals surface area contributed by atoms with Crippen LogP contribution in [0, 0.1) is 15.9 Å². The van der Waals surface area contributed by atoms with Gasteiger partial charge in [-0.05, 0) is 12.5 Å². The minimum absolute atomic E-state index is 0.197. The van der Waals surface area contributed by atoms with Crippen molar-refractivity contribution in [1.82, 2.24) is 0 Å². The molecule has 17 heavy (non-hydrogen) atoms. The van der Waals surface area contributed by atoms with E-state index >= 15 is 0 Å². The Morgan fingerprint density at radius 3 is 2.71 bits per heavy atom. The lowest BCUT2D eigenvalue weighted by molar-refractivity contribution is -0.387. The van der Waals surface area contributed by atoms with Crippen molar-refractivity contribution in [2.75, 3.05) is 5.32 Å². The number of nitro benzene ring substituents is 1. The van der Waals surface area contributed by atoms with E-state index in [1.165, 1.54) is 6.07 Å². The second kappa shape index (κ2) is 5.24. The molecule has 1 atom stereocenters. The Hall–Kier alpha value is -2.18. The van der Waals surface area contributed by atoms with Gasteiger partial charge in [-0.1, -0.05) is 6.92 Å². The number of carbonyl (C=O) groups is 1. The summed E-state index contributed by atoms with van der Waals surface area (Å²) in [5, 5.41) is 21.7. The quantitative estimate of drug-likeness (QED) is 0.608. The van der Waals surface area contributed by atoms with Crippen molar-refractivity contribution < 1.29 is 19.2 Å². The molecule has 7 heteroatoms. The van der Waals surface area contributed by atoms with Crippen molar-refractivity contribution in [2.24, 2.45) is 0 Å². The predicted octanol–water partition coefficient (Wildman–Crippen LogP) is 2.01. The highest BCUT2D eigenvalue weighted by Crippen LogP contribution is 2.21. The van der Waals surface area contributed by atoms with Gasteiger partial charge in [0.25, 0.3) is 0 Å². The Kier molecular flexibility index (Phi) is 3.97. The standard InChI is InChI=1S/C10H11FN2O4/c1-2-8(10(14)15)12-6-3-4-9(13(16)17)7(11)5-6/h3-5,8,12H,2H2,1H3,(H,14,15). The van der Waals surface area contributed by atoms with E-state index in [2.05, 4.69) is 5.32 Å². The molecule has 0 bridgehead atoms. The van der Waals surface area contributed by atoms with Crippen LogP contribution in [0.25, 0.3) is 0 Å². The van der Waals surface area contributed by atoms with Crippen LogP contribution in [0.3, 0.4) is 0 Å². The SMILES string of the molecule is CCC(Nc1ccc([N+](=O)[O-])c(F)c1)C(=O)O. The molecule has 0 heterocycles. The highest BCUT2D eigenvalue weighted by molar-refractivity contribution is 5.77. The lowest BCUT2D eigenvalue weighted by Gasteiger charge is -2.13. The third-order valence-corrected chi connectivity index (χ3v) is 2.19. The van der Waals surface area contributed by atoms with Gasteiger partial charge >= 0.3 is 11.7 Å². The number of nitrogens with zero attached hydrogens (tertiary/aromatic N) is 1. The predicted molar refractivity (Wildman–Crippen MR) is 58.4 cm³/mol. The van der Waals surface area contributed by atoms with E-state index in [4.69, 9.17) is 5.11 Å². The van der Waals surface area contributed by atoms with Crippen LogP contribution < -0.4 is 5.32 Å². The summed E-state index contributed by atoms with van der Waals surface area (Å²) in [6, 6.07) is 2.32. The Balaban J connectivity index is 2.90. The number of halogens is 1. The molecule has 6 nitrogen and oxygen atoms in total. The Bertz CT molecular complexity index is 450. The smallest absolute Gasteiger partial charge is 0.326 e. The third kappa shape index (κ3) is 3.13. The molecule has 0 spiro atoms. The van der Waals surface area contributed by atoms with Crippen molar-refractivity contribution >= 4 is 17.3 Å². The van der Waals surface area contributed by atoms with E-state index < -0.39 is 28.4 Å². The monoisotopic (exact) mass is 242 g/mol. The van der Waals surface area contributed by atoms with Crippen molar-refractivity contribution in [3.8, 4) is 0 Å². The average molecular weight is 242 g/mol. The lowest BCUT2D eigenvalue weighted by atomic mass is 10.2. The van der Waals surface area contributed by atoms with E-state index in [0.29, 0.717) is 6.42 Å². The fourth-order valence-electron chi connectivity index (χ4n) is 1.28. The van der Waals surface area contributed by atoms with Crippen LogP contribution in [0.15, 0.2) is 18.2 Å². The van der Waals surface area contributed by atoms with Gasteiger partial charge in [-0.15, -0.1) is 0 Å². The summed E-state index contributed by atoms with van der Waals surface area (Å²) in [5.41, 5.74) is -0.443. The molecule has 0 amide bonds. The molecule has 1 rings (SSSR count). The van der Waals surface area contributed by atoms with Crippen molar-refractivity contribution in [1.29, 1.82) is 0 Å². The van der Waals surface area contributed by atoms with Crippen LogP contribution in [-0.4, -0.2) is 22.0 Å². The van der Waals surface area contributed by atoms with Crippen LogP contribution in [-0.2, 0) is 4.79 Å². The summed E-state index contributed by atoms with van der Waals surface area (Å²) in [6.07, 6.45) is 0.313. The Labute approximate surface area is 96.2 Å². The Morgan fingerprint density at radius 2 is 2.29 bits per heavy atom. The topological polar surface area (TPSA) is 92.5 Å². The van der Waals surface area contributed by atoms with Crippen molar-refractivity contribution in [2.45, 2.75) is 19.4 Å². The van der Waals surface area contributed by atoms with Gasteiger partial charge in [0.1, 0.15) is 6.04 Å². The van der Waals surface area contributed by atoms with E-state index in [9.17, 15) is 19.3 Å². The number of anilines is 1. The van der Waals surface area contributed by atoms with Crippen LogP contribution in [0.5, 0.6) is 0 Å². The summed E-state index contributed by atoms with van der Waals surface area (Å²) in [6.45, 7) is 1.66. The number of carboxylic acids is 1. The van der Waals surface area contributed by atoms with Crippen molar-refractivity contribution in [3.63, 3.8) is 0 Å². The minimum atomic E-state index is -1.06. The van der Waals surface area contributed by atoms with Gasteiger partial charge in [-0.2, -0.15) is 4.39 Å². The van der Waals surface area contributed by atoms with Crippen molar-refractivity contribution in [3.05, 3.63) is 34.1 Å². The molecule has 1 unspecified atom stereocenters. The van der Waals surface area contributed by atoms with Gasteiger partial charge in [0.15, 0.2) is 0 Å². The summed E-state index contributed by atoms with van der Waals surface area (Å²) in [7, 11) is 0. The van der Waals surface area contributed by atoms with Crippen LogP contribution >= 0.6 is 0 Å². The van der Waals surface area contributed by atoms with E-state index in [1.807, 2.05) is 0 Å². The van der Waals surface area contributed by atoms with Gasteiger partial charge in [-0.3, -0.25) is 10.1 Å². The molecule has 1 aromatic carbocycles. The second-order valence-corrected chi connectivity index (χ2v) is 3.37. The molecule has 0 aliphatic rings. The normalized spacial score (nSPS) is 11.9. The van der Waals surface area contributed by atoms with E-state index in [0.717, 1.165) is 12.1 Å². The molecular weight excluding hydrogens is 231 g/mol. The first-order valence-electron chi connectivity index (χ1n) is 4.89. The van der Waals surface area contributed by atoms with E-state index in [-0.39, 0.29) is 5.69 Å². The molecule has 92 valence electrons. The highest BCUT2D eigenvalue weighted by Gasteiger charge is 2.17. The van der Waals surface area contributed by atoms with Crippen LogP contribution in [0.2, 0.25) is 0 Å². The number of rotatable bonds is 5. The molecule has 2 N–H and O–H groups in total. The van der Waals surface area contributed by atoms with Gasteiger partial charge < -0.3 is 10.4 Å². The van der Waals surface area contributed by atoms with Crippen LogP contribution in [0.4, 0.5) is 15.8 Å². The van der Waals surface area contributed by atoms with E-state index in [1.54, 1.807) is 6.92 Å². The van der Waals surface area contributed by atoms with Gasteiger partial charge in [-0.25, -0.2) is 4.79 Å². The maximum Gasteiger partial charge on any atom is 0.326 e. The van der Waals surface area contributed by atoms with Gasteiger partial charge in [0.05, 0.1) is 4.92 Å². The number of benzene rings is 1. The number of nitro groups is 1. The van der Waals surface area contributed by atoms with Gasteiger partial charge in [0.2, 0.25) is 5.82 Å². The largest absolute Gasteiger partial charge is 0.480 e. The zero-order chi connectivity index (χ0) is 13.0. The molecule has 1 aromatic rings. The summed E-state index contributed by atoms with van der Waals surface area (Å²) >= 11 is 0. The zero-order valence-electron chi connectivity index (χ0n) is 9.01. The molecule has 0 aliphatic carbocycles. The highest BCUT2D eigenvalue weighted by atomic mass is 19.1. The molecule has 0 saturated heterocycles. The Morgan fingerprint density at radius 1 is 1.65 bits per heavy atom. The number of aliphatic carboxylic acids is 1. The fourth-order valence-corrected chi connectivity index (χ4v) is 1.28. The summed E-state index contributed by atoms with van der Waals surface area (Å²) in [4.78, 5) is 20.3. The number of carboxylic acid groups (broad SMARTS) is 1. The third-order valence-electron chi connectivity index (χ3n) is 2.19. The first kappa shape index (κ1) is 12.9. The van der Waals surface area contributed by atoms with Gasteiger partial charge in [0, 0.05) is 17.8 Å².